The van der Waals surface area contributed by atoms with E-state index in [4.69, 9.17) is 4.74 Å². The lowest BCUT2D eigenvalue weighted by Crippen LogP contribution is -2.14. The molecule has 0 aliphatic heterocycles. The summed E-state index contributed by atoms with van der Waals surface area (Å²) >= 11 is 0. The van der Waals surface area contributed by atoms with Gasteiger partial charge in [-0.25, -0.2) is 8.42 Å². The monoisotopic (exact) mass is 408 g/mol. The molecule has 7 heteroatoms. The van der Waals surface area contributed by atoms with Gasteiger partial charge in [-0.1, -0.05) is 36.9 Å². The summed E-state index contributed by atoms with van der Waals surface area (Å²) in [5.74, 6) is 0.303. The van der Waals surface area contributed by atoms with Gasteiger partial charge in [0, 0.05) is 23.0 Å². The van der Waals surface area contributed by atoms with E-state index in [9.17, 15) is 13.2 Å². The number of carbonyl (C=O) groups is 1. The van der Waals surface area contributed by atoms with Crippen LogP contribution in [0.15, 0.2) is 96.4 Å². The van der Waals surface area contributed by atoms with Crippen molar-refractivity contribution in [1.82, 2.24) is 0 Å². The third kappa shape index (κ3) is 5.46. The number of rotatable bonds is 8. The molecule has 0 spiro atoms. The van der Waals surface area contributed by atoms with Gasteiger partial charge in [0.15, 0.2) is 0 Å². The lowest BCUT2D eigenvalue weighted by molar-refractivity contribution is 0.102. The number of hydrogen-bond acceptors (Lipinski definition) is 4. The van der Waals surface area contributed by atoms with Crippen LogP contribution in [0.4, 0.5) is 11.4 Å². The molecule has 0 aromatic heterocycles. The summed E-state index contributed by atoms with van der Waals surface area (Å²) in [6, 6.07) is 21.3. The maximum atomic E-state index is 12.5. The Labute approximate surface area is 169 Å². The number of sulfonamides is 1. The maximum Gasteiger partial charge on any atom is 0.261 e. The van der Waals surface area contributed by atoms with E-state index in [1.807, 2.05) is 0 Å². The van der Waals surface area contributed by atoms with E-state index in [0.717, 1.165) is 0 Å². The van der Waals surface area contributed by atoms with Gasteiger partial charge in [0.05, 0.1) is 4.90 Å². The van der Waals surface area contributed by atoms with E-state index in [2.05, 4.69) is 16.6 Å². The topological polar surface area (TPSA) is 84.5 Å². The van der Waals surface area contributed by atoms with Crippen LogP contribution < -0.4 is 14.8 Å². The molecule has 0 bridgehead atoms. The number of hydrogen-bond donors (Lipinski definition) is 2. The van der Waals surface area contributed by atoms with Crippen LogP contribution in [-0.2, 0) is 10.0 Å². The van der Waals surface area contributed by atoms with Crippen LogP contribution in [0.3, 0.4) is 0 Å². The van der Waals surface area contributed by atoms with Gasteiger partial charge < -0.3 is 10.1 Å². The summed E-state index contributed by atoms with van der Waals surface area (Å²) in [5, 5.41) is 2.79. The molecular weight excluding hydrogens is 388 g/mol. The Morgan fingerprint density at radius 2 is 1.66 bits per heavy atom. The zero-order valence-corrected chi connectivity index (χ0v) is 16.4. The summed E-state index contributed by atoms with van der Waals surface area (Å²) in [4.78, 5) is 12.6. The number of ether oxygens (including phenoxy) is 1. The Kier molecular flexibility index (Phi) is 6.31. The maximum absolute atomic E-state index is 12.5. The predicted octanol–water partition coefficient (Wildman–Crippen LogP) is 4.30. The molecule has 148 valence electrons. The van der Waals surface area contributed by atoms with E-state index in [1.54, 1.807) is 72.8 Å². The van der Waals surface area contributed by atoms with Gasteiger partial charge >= 0.3 is 0 Å². The van der Waals surface area contributed by atoms with Gasteiger partial charge in [-0.3, -0.25) is 9.52 Å². The largest absolute Gasteiger partial charge is 0.489 e. The number of anilines is 2. The molecule has 0 unspecified atom stereocenters. The van der Waals surface area contributed by atoms with E-state index in [0.29, 0.717) is 29.3 Å². The molecule has 6 nitrogen and oxygen atoms in total. The van der Waals surface area contributed by atoms with Crippen LogP contribution in [0.25, 0.3) is 0 Å². The van der Waals surface area contributed by atoms with Crippen LogP contribution in [-0.4, -0.2) is 20.9 Å². The van der Waals surface area contributed by atoms with E-state index >= 15 is 0 Å². The molecule has 0 heterocycles. The summed E-state index contributed by atoms with van der Waals surface area (Å²) in [5.41, 5.74) is 1.35. The van der Waals surface area contributed by atoms with Crippen LogP contribution >= 0.6 is 0 Å². The highest BCUT2D eigenvalue weighted by molar-refractivity contribution is 7.92. The minimum Gasteiger partial charge on any atom is -0.489 e. The fourth-order valence-corrected chi connectivity index (χ4v) is 3.61. The molecule has 3 aromatic carbocycles. The van der Waals surface area contributed by atoms with Crippen molar-refractivity contribution in [2.75, 3.05) is 16.6 Å². The van der Waals surface area contributed by atoms with Gasteiger partial charge in [0.1, 0.15) is 12.4 Å². The quantitative estimate of drug-likeness (QED) is 0.544. The van der Waals surface area contributed by atoms with E-state index in [-0.39, 0.29) is 10.8 Å². The Hall–Kier alpha value is -3.58. The van der Waals surface area contributed by atoms with Gasteiger partial charge in [-0.05, 0) is 48.5 Å². The third-order valence-corrected chi connectivity index (χ3v) is 5.31. The van der Waals surface area contributed by atoms with Gasteiger partial charge in [-0.15, -0.1) is 0 Å². The fourth-order valence-electron chi connectivity index (χ4n) is 2.53. The first-order chi connectivity index (χ1) is 14.0. The van der Waals surface area contributed by atoms with Crippen molar-refractivity contribution >= 4 is 27.3 Å². The first-order valence-corrected chi connectivity index (χ1v) is 10.3. The average Bonchev–Trinajstić information content (AvgIpc) is 2.73. The van der Waals surface area contributed by atoms with Gasteiger partial charge in [0.2, 0.25) is 0 Å². The molecule has 3 rings (SSSR count). The highest BCUT2D eigenvalue weighted by Gasteiger charge is 2.14. The second-order valence-electron chi connectivity index (χ2n) is 6.08. The number of nitrogens with one attached hydrogen (secondary N) is 2. The van der Waals surface area contributed by atoms with Crippen LogP contribution in [0, 0.1) is 0 Å². The van der Waals surface area contributed by atoms with Crippen molar-refractivity contribution in [1.29, 1.82) is 0 Å². The number of carbonyl (C=O) groups excluding carboxylic acids is 1. The molecular formula is C22H20N2O4S. The lowest BCUT2D eigenvalue weighted by atomic mass is 10.2. The van der Waals surface area contributed by atoms with Crippen molar-refractivity contribution in [2.45, 2.75) is 4.90 Å². The summed E-state index contributed by atoms with van der Waals surface area (Å²) in [6.45, 7) is 3.97. The number of benzene rings is 3. The molecule has 2 N–H and O–H groups in total. The molecule has 0 atom stereocenters. The highest BCUT2D eigenvalue weighted by Crippen LogP contribution is 2.20. The Morgan fingerprint density at radius 1 is 0.931 bits per heavy atom. The smallest absolute Gasteiger partial charge is 0.261 e. The van der Waals surface area contributed by atoms with Crippen LogP contribution in [0.2, 0.25) is 0 Å². The minimum absolute atomic E-state index is 0.167. The van der Waals surface area contributed by atoms with E-state index < -0.39 is 10.0 Å². The second kappa shape index (κ2) is 9.07. The summed E-state index contributed by atoms with van der Waals surface area (Å²) < 4.78 is 32.7. The zero-order chi connectivity index (χ0) is 20.7. The molecule has 0 aliphatic carbocycles. The minimum atomic E-state index is -3.68. The van der Waals surface area contributed by atoms with Crippen molar-refractivity contribution < 1.29 is 17.9 Å². The molecule has 0 aliphatic rings. The van der Waals surface area contributed by atoms with Crippen molar-refractivity contribution in [3.05, 3.63) is 97.1 Å². The molecule has 0 saturated carbocycles. The Morgan fingerprint density at radius 3 is 2.34 bits per heavy atom. The van der Waals surface area contributed by atoms with Gasteiger partial charge in [-0.2, -0.15) is 0 Å². The molecule has 3 aromatic rings. The molecule has 1 amide bonds. The molecule has 0 saturated heterocycles. The first-order valence-electron chi connectivity index (χ1n) is 8.81. The molecule has 0 radical (unpaired) electrons. The normalized spacial score (nSPS) is 10.8. The standard InChI is InChI=1S/C22H20N2O4S/c1-2-15-28-20-8-6-7-19(16-20)23-22(25)17-11-13-18(14-12-17)24-29(26,27)21-9-4-3-5-10-21/h2-14,16,24H,1,15H2,(H,23,25). The molecule has 0 fully saturated rings. The van der Waals surface area contributed by atoms with Crippen LogP contribution in [0.1, 0.15) is 10.4 Å². The SMILES string of the molecule is C=CCOc1cccc(NC(=O)c2ccc(NS(=O)(=O)c3ccccc3)cc2)c1. The first kappa shape index (κ1) is 20.2. The summed E-state index contributed by atoms with van der Waals surface area (Å²) in [6.07, 6.45) is 1.64. The Bertz CT molecular complexity index is 1100. The lowest BCUT2D eigenvalue weighted by Gasteiger charge is -2.10. The zero-order valence-electron chi connectivity index (χ0n) is 15.5. The number of amides is 1. The van der Waals surface area contributed by atoms with Crippen molar-refractivity contribution in [3.63, 3.8) is 0 Å². The summed E-state index contributed by atoms with van der Waals surface area (Å²) in [7, 11) is -3.68. The predicted molar refractivity (Wildman–Crippen MR) is 114 cm³/mol. The van der Waals surface area contributed by atoms with Crippen LogP contribution in [0.5, 0.6) is 5.75 Å². The fraction of sp³-hybridized carbons (Fsp3) is 0.0455. The Balaban J connectivity index is 1.67. The molecule has 29 heavy (non-hydrogen) atoms. The van der Waals surface area contributed by atoms with Crippen molar-refractivity contribution in [3.8, 4) is 5.75 Å². The highest BCUT2D eigenvalue weighted by atomic mass is 32.2. The average molecular weight is 408 g/mol. The third-order valence-electron chi connectivity index (χ3n) is 3.91. The van der Waals surface area contributed by atoms with E-state index in [1.165, 1.54) is 12.1 Å². The second-order valence-corrected chi connectivity index (χ2v) is 7.76. The van der Waals surface area contributed by atoms with Crippen molar-refractivity contribution in [2.24, 2.45) is 0 Å². The van der Waals surface area contributed by atoms with Gasteiger partial charge in [0.25, 0.3) is 15.9 Å².